The molecule has 1 aliphatic rings. The van der Waals surface area contributed by atoms with Crippen LogP contribution in [0.5, 0.6) is 0 Å². The minimum absolute atomic E-state index is 0.0819. The smallest absolute Gasteiger partial charge is 0.337 e. The minimum atomic E-state index is -0.557. The number of aryl methyl sites for hydroxylation is 2. The third kappa shape index (κ3) is 5.75. The Labute approximate surface area is 202 Å². The van der Waals surface area contributed by atoms with Crippen LogP contribution in [0.3, 0.4) is 0 Å². The largest absolute Gasteiger partial charge is 0.458 e. The first kappa shape index (κ1) is 24.4. The Morgan fingerprint density at radius 3 is 2.79 bits per heavy atom. The first-order valence-corrected chi connectivity index (χ1v) is 12.2. The van der Waals surface area contributed by atoms with Crippen molar-refractivity contribution in [2.75, 3.05) is 17.7 Å². The maximum Gasteiger partial charge on any atom is 0.337 e. The van der Waals surface area contributed by atoms with Gasteiger partial charge in [-0.15, -0.1) is 11.3 Å². The van der Waals surface area contributed by atoms with Crippen LogP contribution in [0.4, 0.5) is 5.69 Å². The van der Waals surface area contributed by atoms with Crippen LogP contribution >= 0.6 is 23.1 Å². The summed E-state index contributed by atoms with van der Waals surface area (Å²) in [5, 5.41) is 18.6. The Hall–Kier alpha value is -3.28. The molecule has 1 aromatic carbocycles. The van der Waals surface area contributed by atoms with Gasteiger partial charge in [0.1, 0.15) is 6.61 Å². The number of allylic oxidation sites excluding steroid dienone is 2. The topological polar surface area (TPSA) is 91.2 Å². The van der Waals surface area contributed by atoms with E-state index in [9.17, 15) is 14.9 Å². The summed E-state index contributed by atoms with van der Waals surface area (Å²) in [5.74, 6) is -1.12. The number of hydrogen-bond acceptors (Lipinski definition) is 7. The Kier molecular flexibility index (Phi) is 8.15. The molecule has 6 nitrogen and oxygen atoms in total. The van der Waals surface area contributed by atoms with E-state index in [0.29, 0.717) is 21.9 Å². The van der Waals surface area contributed by atoms with Gasteiger partial charge in [0, 0.05) is 16.3 Å². The quantitative estimate of drug-likeness (QED) is 0.401. The van der Waals surface area contributed by atoms with E-state index in [1.54, 1.807) is 6.92 Å². The lowest BCUT2D eigenvalue weighted by Gasteiger charge is -2.28. The molecule has 0 spiro atoms. The third-order valence-corrected chi connectivity index (χ3v) is 7.00. The number of nitrogens with one attached hydrogen (secondary N) is 2. The van der Waals surface area contributed by atoms with E-state index >= 15 is 0 Å². The molecule has 1 amide bonds. The van der Waals surface area contributed by atoms with E-state index < -0.39 is 11.9 Å². The van der Waals surface area contributed by atoms with Gasteiger partial charge in [0.05, 0.1) is 33.9 Å². The standard InChI is InChI=1S/C25H25N3O3S2/c1-5-10-31-25(30)22-17(4)27-24(18(13-26)23(22)20-7-6-11-32-20)33-14-21(29)28-19-12-15(2)8-9-16(19)3/h5-9,11-12,23,27H,1,10,14H2,2-4H3,(H,28,29)/t23-/m1/s1. The van der Waals surface area contributed by atoms with Crippen molar-refractivity contribution in [3.63, 3.8) is 0 Å². The van der Waals surface area contributed by atoms with E-state index in [-0.39, 0.29) is 18.3 Å². The number of carbonyl (C=O) groups excluding carboxylic acids is 2. The van der Waals surface area contributed by atoms with Crippen LogP contribution in [0.15, 0.2) is 70.2 Å². The number of hydrogen-bond donors (Lipinski definition) is 2. The third-order valence-electron chi connectivity index (χ3n) is 5.04. The van der Waals surface area contributed by atoms with Crippen molar-refractivity contribution in [3.8, 4) is 6.07 Å². The molecule has 2 aromatic rings. The fraction of sp³-hybridized carbons (Fsp3) is 0.240. The number of rotatable bonds is 8. The predicted molar refractivity (Wildman–Crippen MR) is 134 cm³/mol. The Bertz CT molecular complexity index is 1170. The summed E-state index contributed by atoms with van der Waals surface area (Å²) in [6.45, 7) is 9.34. The molecule has 0 saturated carbocycles. The molecule has 0 bridgehead atoms. The second-order valence-electron chi connectivity index (χ2n) is 7.51. The predicted octanol–water partition coefficient (Wildman–Crippen LogP) is 5.16. The molecule has 33 heavy (non-hydrogen) atoms. The zero-order chi connectivity index (χ0) is 24.0. The van der Waals surface area contributed by atoms with Crippen LogP contribution < -0.4 is 10.6 Å². The molecule has 1 atom stereocenters. The number of ether oxygens (including phenoxy) is 1. The van der Waals surface area contributed by atoms with Crippen molar-refractivity contribution in [2.45, 2.75) is 26.7 Å². The van der Waals surface area contributed by atoms with Gasteiger partial charge in [-0.05, 0) is 49.4 Å². The molecule has 0 fully saturated rings. The van der Waals surface area contributed by atoms with Gasteiger partial charge in [-0.3, -0.25) is 4.79 Å². The van der Waals surface area contributed by atoms with Crippen molar-refractivity contribution in [3.05, 3.63) is 86.2 Å². The van der Waals surface area contributed by atoms with Gasteiger partial charge in [-0.2, -0.15) is 5.26 Å². The maximum atomic E-state index is 12.8. The summed E-state index contributed by atoms with van der Waals surface area (Å²) in [4.78, 5) is 26.3. The van der Waals surface area contributed by atoms with E-state index in [0.717, 1.165) is 21.7 Å². The maximum absolute atomic E-state index is 12.8. The second-order valence-corrected chi connectivity index (χ2v) is 9.47. The lowest BCUT2D eigenvalue weighted by Crippen LogP contribution is -2.29. The van der Waals surface area contributed by atoms with Crippen LogP contribution in [-0.2, 0) is 14.3 Å². The Morgan fingerprint density at radius 1 is 1.33 bits per heavy atom. The van der Waals surface area contributed by atoms with Gasteiger partial charge in [-0.1, -0.05) is 42.6 Å². The SMILES string of the molecule is C=CCOC(=O)C1=C(C)NC(SCC(=O)Nc2cc(C)ccc2C)=C(C#N)[C@@H]1c1cccs1. The molecule has 8 heteroatoms. The van der Waals surface area contributed by atoms with Crippen LogP contribution in [0.1, 0.15) is 28.8 Å². The highest BCUT2D eigenvalue weighted by atomic mass is 32.2. The summed E-state index contributed by atoms with van der Waals surface area (Å²) in [6.07, 6.45) is 1.50. The highest BCUT2D eigenvalue weighted by Crippen LogP contribution is 2.42. The van der Waals surface area contributed by atoms with Crippen LogP contribution in [0, 0.1) is 25.2 Å². The summed E-state index contributed by atoms with van der Waals surface area (Å²) in [6, 6.07) is 11.9. The number of thiophene rings is 1. The average Bonchev–Trinajstić information content (AvgIpc) is 3.32. The molecular formula is C25H25N3O3S2. The number of dihydropyridines is 1. The molecule has 3 rings (SSSR count). The van der Waals surface area contributed by atoms with Crippen molar-refractivity contribution < 1.29 is 14.3 Å². The first-order chi connectivity index (χ1) is 15.8. The number of benzene rings is 1. The fourth-order valence-electron chi connectivity index (χ4n) is 3.44. The Balaban J connectivity index is 1.84. The monoisotopic (exact) mass is 479 g/mol. The molecular weight excluding hydrogens is 454 g/mol. The van der Waals surface area contributed by atoms with E-state index in [4.69, 9.17) is 4.74 Å². The molecule has 0 saturated heterocycles. The van der Waals surface area contributed by atoms with E-state index in [1.807, 2.05) is 49.6 Å². The van der Waals surface area contributed by atoms with E-state index in [1.165, 1.54) is 29.2 Å². The molecule has 2 heterocycles. The molecule has 1 aliphatic heterocycles. The van der Waals surface area contributed by atoms with Crippen LogP contribution in [0.2, 0.25) is 0 Å². The molecule has 0 aliphatic carbocycles. The fourth-order valence-corrected chi connectivity index (χ4v) is 5.18. The lowest BCUT2D eigenvalue weighted by molar-refractivity contribution is -0.138. The highest BCUT2D eigenvalue weighted by Gasteiger charge is 2.36. The van der Waals surface area contributed by atoms with Crippen molar-refractivity contribution in [1.82, 2.24) is 5.32 Å². The molecule has 170 valence electrons. The number of nitrogens with zero attached hydrogens (tertiary/aromatic N) is 1. The zero-order valence-electron chi connectivity index (χ0n) is 18.7. The van der Waals surface area contributed by atoms with E-state index in [2.05, 4.69) is 23.3 Å². The van der Waals surface area contributed by atoms with Gasteiger partial charge in [0.15, 0.2) is 0 Å². The zero-order valence-corrected chi connectivity index (χ0v) is 20.4. The average molecular weight is 480 g/mol. The number of nitriles is 1. The van der Waals surface area contributed by atoms with Crippen molar-refractivity contribution in [2.24, 2.45) is 0 Å². The number of anilines is 1. The van der Waals surface area contributed by atoms with Gasteiger partial charge in [0.25, 0.3) is 0 Å². The summed E-state index contributed by atoms with van der Waals surface area (Å²) in [5.41, 5.74) is 4.18. The molecule has 0 radical (unpaired) electrons. The van der Waals surface area contributed by atoms with Gasteiger partial charge in [-0.25, -0.2) is 4.79 Å². The van der Waals surface area contributed by atoms with Gasteiger partial charge < -0.3 is 15.4 Å². The molecule has 1 aromatic heterocycles. The molecule has 0 unspecified atom stereocenters. The summed E-state index contributed by atoms with van der Waals surface area (Å²) < 4.78 is 5.29. The molecule has 2 N–H and O–H groups in total. The summed E-state index contributed by atoms with van der Waals surface area (Å²) >= 11 is 2.70. The number of carbonyl (C=O) groups is 2. The number of thioether (sulfide) groups is 1. The Morgan fingerprint density at radius 2 is 2.12 bits per heavy atom. The van der Waals surface area contributed by atoms with Crippen LogP contribution in [0.25, 0.3) is 0 Å². The normalized spacial score (nSPS) is 15.5. The minimum Gasteiger partial charge on any atom is -0.458 e. The van der Waals surface area contributed by atoms with Crippen molar-refractivity contribution >= 4 is 40.7 Å². The number of esters is 1. The van der Waals surface area contributed by atoms with Gasteiger partial charge >= 0.3 is 5.97 Å². The second kappa shape index (κ2) is 11.0. The van der Waals surface area contributed by atoms with Crippen LogP contribution in [-0.4, -0.2) is 24.2 Å². The number of amides is 1. The summed E-state index contributed by atoms with van der Waals surface area (Å²) in [7, 11) is 0. The van der Waals surface area contributed by atoms with Crippen molar-refractivity contribution in [1.29, 1.82) is 5.26 Å². The highest BCUT2D eigenvalue weighted by molar-refractivity contribution is 8.03. The first-order valence-electron chi connectivity index (χ1n) is 10.3. The lowest BCUT2D eigenvalue weighted by atomic mass is 9.87. The van der Waals surface area contributed by atoms with Gasteiger partial charge in [0.2, 0.25) is 5.91 Å².